The third-order valence-electron chi connectivity index (χ3n) is 4.72. The Kier molecular flexibility index (Phi) is 7.95. The second-order valence-electron chi connectivity index (χ2n) is 7.13. The minimum Gasteiger partial charge on any atom is -0.482 e. The highest BCUT2D eigenvalue weighted by Gasteiger charge is 2.18. The van der Waals surface area contributed by atoms with E-state index in [0.29, 0.717) is 35.1 Å². The molecule has 0 spiro atoms. The van der Waals surface area contributed by atoms with Crippen LogP contribution in [0.1, 0.15) is 29.8 Å². The number of nitrogens with zero attached hydrogens (tertiary/aromatic N) is 2. The smallest absolute Gasteiger partial charge is 0.341 e. The third kappa shape index (κ3) is 6.28. The Labute approximate surface area is 191 Å². The number of nitriles is 1. The van der Waals surface area contributed by atoms with Crippen LogP contribution in [0.15, 0.2) is 54.6 Å². The second kappa shape index (κ2) is 11.1. The van der Waals surface area contributed by atoms with Gasteiger partial charge in [-0.25, -0.2) is 14.2 Å². The minimum atomic E-state index is -1.06. The number of rotatable bonds is 10. The monoisotopic (exact) mass is 450 g/mol. The molecule has 0 aliphatic rings. The van der Waals surface area contributed by atoms with Crippen LogP contribution in [0.25, 0.3) is 11.3 Å². The van der Waals surface area contributed by atoms with Crippen molar-refractivity contribution in [2.75, 3.05) is 19.8 Å². The lowest BCUT2D eigenvalue weighted by Crippen LogP contribution is -2.16. The summed E-state index contributed by atoms with van der Waals surface area (Å²) in [6, 6.07) is 16.4. The van der Waals surface area contributed by atoms with E-state index in [1.54, 1.807) is 43.3 Å². The summed E-state index contributed by atoms with van der Waals surface area (Å²) in [6.45, 7) is 3.92. The van der Waals surface area contributed by atoms with Crippen molar-refractivity contribution in [2.45, 2.75) is 20.0 Å². The molecule has 1 unspecified atom stereocenters. The molecule has 2 aromatic carbocycles. The molecular formula is C25H23FN2O5. The fourth-order valence-electron chi connectivity index (χ4n) is 3.14. The topological polar surface area (TPSA) is 102 Å². The SMILES string of the molecule is CCOCC(Oc1ccc(OCC(=O)O)c(C)c1)c1cccc(-c2ccc(C#N)cc2F)n1. The van der Waals surface area contributed by atoms with Gasteiger partial charge in [-0.05, 0) is 67.9 Å². The first-order valence-corrected chi connectivity index (χ1v) is 10.3. The molecule has 1 heterocycles. The van der Waals surface area contributed by atoms with Crippen LogP contribution in [-0.4, -0.2) is 35.9 Å². The van der Waals surface area contributed by atoms with E-state index in [-0.39, 0.29) is 17.7 Å². The molecule has 8 heteroatoms. The number of carbonyl (C=O) groups is 1. The van der Waals surface area contributed by atoms with Gasteiger partial charge >= 0.3 is 5.97 Å². The lowest BCUT2D eigenvalue weighted by molar-refractivity contribution is -0.139. The number of hydrogen-bond donors (Lipinski definition) is 1. The van der Waals surface area contributed by atoms with Crippen molar-refractivity contribution >= 4 is 5.97 Å². The standard InChI is InChI=1S/C25H23FN2O5/c1-3-31-14-24(33-18-8-10-23(16(2)11-18)32-15-25(29)30)22-6-4-5-21(28-22)19-9-7-17(13-27)12-20(19)26/h4-12,24H,3,14-15H2,1-2H3,(H,29,30). The van der Waals surface area contributed by atoms with Gasteiger partial charge in [-0.3, -0.25) is 0 Å². The van der Waals surface area contributed by atoms with Crippen LogP contribution >= 0.6 is 0 Å². The van der Waals surface area contributed by atoms with E-state index in [1.165, 1.54) is 18.2 Å². The number of aliphatic carboxylic acids is 1. The molecular weight excluding hydrogens is 427 g/mol. The van der Waals surface area contributed by atoms with E-state index in [4.69, 9.17) is 24.6 Å². The van der Waals surface area contributed by atoms with Gasteiger partial charge in [-0.2, -0.15) is 5.26 Å². The van der Waals surface area contributed by atoms with Crippen molar-refractivity contribution in [3.05, 3.63) is 77.2 Å². The Morgan fingerprint density at radius 1 is 1.21 bits per heavy atom. The third-order valence-corrected chi connectivity index (χ3v) is 4.72. The van der Waals surface area contributed by atoms with Gasteiger partial charge in [-0.1, -0.05) is 6.07 Å². The van der Waals surface area contributed by atoms with E-state index in [9.17, 15) is 9.18 Å². The normalized spacial score (nSPS) is 11.5. The highest BCUT2D eigenvalue weighted by Crippen LogP contribution is 2.29. The Balaban J connectivity index is 1.86. The first kappa shape index (κ1) is 23.7. The number of carboxylic acids is 1. The summed E-state index contributed by atoms with van der Waals surface area (Å²) in [5.74, 6) is -0.621. The fraction of sp³-hybridized carbons (Fsp3) is 0.240. The van der Waals surface area contributed by atoms with Gasteiger partial charge in [0.15, 0.2) is 12.7 Å². The predicted molar refractivity (Wildman–Crippen MR) is 119 cm³/mol. The number of ether oxygens (including phenoxy) is 3. The van der Waals surface area contributed by atoms with Crippen LogP contribution in [0, 0.1) is 24.1 Å². The fourth-order valence-corrected chi connectivity index (χ4v) is 3.14. The molecule has 1 N–H and O–H groups in total. The van der Waals surface area contributed by atoms with E-state index in [0.717, 1.165) is 0 Å². The number of carboxylic acid groups (broad SMARTS) is 1. The van der Waals surface area contributed by atoms with E-state index >= 15 is 0 Å². The van der Waals surface area contributed by atoms with Crippen LogP contribution in [0.4, 0.5) is 4.39 Å². The van der Waals surface area contributed by atoms with E-state index in [2.05, 4.69) is 4.98 Å². The number of hydrogen-bond acceptors (Lipinski definition) is 6. The average Bonchev–Trinajstić information content (AvgIpc) is 2.81. The first-order chi connectivity index (χ1) is 15.9. The van der Waals surface area contributed by atoms with Gasteiger partial charge in [0.25, 0.3) is 0 Å². The van der Waals surface area contributed by atoms with Gasteiger partial charge in [0.05, 0.1) is 29.6 Å². The van der Waals surface area contributed by atoms with Gasteiger partial charge < -0.3 is 19.3 Å². The maximum Gasteiger partial charge on any atom is 0.341 e. The Bertz CT molecular complexity index is 1180. The van der Waals surface area contributed by atoms with Crippen LogP contribution in [0.3, 0.4) is 0 Å². The van der Waals surface area contributed by atoms with Crippen molar-refractivity contribution in [1.82, 2.24) is 4.98 Å². The molecule has 3 aromatic rings. The van der Waals surface area contributed by atoms with Crippen LogP contribution in [0.5, 0.6) is 11.5 Å². The zero-order valence-corrected chi connectivity index (χ0v) is 18.2. The van der Waals surface area contributed by atoms with Crippen molar-refractivity contribution < 1.29 is 28.5 Å². The molecule has 7 nitrogen and oxygen atoms in total. The highest BCUT2D eigenvalue weighted by atomic mass is 19.1. The molecule has 0 fully saturated rings. The number of benzene rings is 2. The van der Waals surface area contributed by atoms with Crippen molar-refractivity contribution in [3.63, 3.8) is 0 Å². The molecule has 170 valence electrons. The molecule has 1 atom stereocenters. The average molecular weight is 450 g/mol. The number of aromatic nitrogens is 1. The zero-order valence-electron chi connectivity index (χ0n) is 18.2. The zero-order chi connectivity index (χ0) is 23.8. The van der Waals surface area contributed by atoms with Gasteiger partial charge in [-0.15, -0.1) is 0 Å². The summed E-state index contributed by atoms with van der Waals surface area (Å²) in [5, 5.41) is 17.7. The Morgan fingerprint density at radius 3 is 2.70 bits per heavy atom. The number of halogens is 1. The van der Waals surface area contributed by atoms with Crippen LogP contribution in [-0.2, 0) is 9.53 Å². The number of pyridine rings is 1. The molecule has 0 aliphatic carbocycles. The number of aryl methyl sites for hydroxylation is 1. The van der Waals surface area contributed by atoms with E-state index < -0.39 is 24.5 Å². The highest BCUT2D eigenvalue weighted by molar-refractivity contribution is 5.68. The summed E-state index contributed by atoms with van der Waals surface area (Å²) in [5.41, 5.74) is 2.19. The van der Waals surface area contributed by atoms with Gasteiger partial charge in [0.2, 0.25) is 0 Å². The van der Waals surface area contributed by atoms with E-state index in [1.807, 2.05) is 13.0 Å². The van der Waals surface area contributed by atoms with Crippen molar-refractivity contribution in [1.29, 1.82) is 5.26 Å². The summed E-state index contributed by atoms with van der Waals surface area (Å²) < 4.78 is 31.5. The molecule has 0 saturated heterocycles. The minimum absolute atomic E-state index is 0.221. The maximum atomic E-state index is 14.5. The van der Waals surface area contributed by atoms with Gasteiger partial charge in [0, 0.05) is 12.2 Å². The summed E-state index contributed by atoms with van der Waals surface area (Å²) >= 11 is 0. The summed E-state index contributed by atoms with van der Waals surface area (Å²) in [6.07, 6.45) is -0.573. The Morgan fingerprint density at radius 2 is 2.03 bits per heavy atom. The molecule has 0 saturated carbocycles. The molecule has 33 heavy (non-hydrogen) atoms. The summed E-state index contributed by atoms with van der Waals surface area (Å²) in [7, 11) is 0. The molecule has 3 rings (SSSR count). The largest absolute Gasteiger partial charge is 0.482 e. The first-order valence-electron chi connectivity index (χ1n) is 10.3. The summed E-state index contributed by atoms with van der Waals surface area (Å²) in [4.78, 5) is 15.3. The van der Waals surface area contributed by atoms with Crippen molar-refractivity contribution in [2.24, 2.45) is 0 Å². The Hall–Kier alpha value is -3.96. The lowest BCUT2D eigenvalue weighted by atomic mass is 10.1. The second-order valence-corrected chi connectivity index (χ2v) is 7.13. The molecule has 0 bridgehead atoms. The molecule has 0 radical (unpaired) electrons. The van der Waals surface area contributed by atoms with Gasteiger partial charge in [0.1, 0.15) is 17.3 Å². The quantitative estimate of drug-likeness (QED) is 0.478. The van der Waals surface area contributed by atoms with Crippen molar-refractivity contribution in [3.8, 4) is 28.8 Å². The predicted octanol–water partition coefficient (Wildman–Crippen LogP) is 4.69. The molecule has 1 aromatic heterocycles. The van der Waals surface area contributed by atoms with Crippen LogP contribution in [0.2, 0.25) is 0 Å². The molecule has 0 amide bonds. The lowest BCUT2D eigenvalue weighted by Gasteiger charge is -2.20. The van der Waals surface area contributed by atoms with Crippen LogP contribution < -0.4 is 9.47 Å². The molecule has 0 aliphatic heterocycles. The maximum absolute atomic E-state index is 14.5.